The molecule has 1 aromatic rings. The van der Waals surface area contributed by atoms with Crippen molar-refractivity contribution in [1.29, 1.82) is 0 Å². The molecule has 0 aliphatic carbocycles. The monoisotopic (exact) mass is 206 g/mol. The van der Waals surface area contributed by atoms with Gasteiger partial charge in [-0.1, -0.05) is 13.0 Å². The van der Waals surface area contributed by atoms with Crippen LogP contribution in [0.4, 0.5) is 0 Å². The summed E-state index contributed by atoms with van der Waals surface area (Å²) in [4.78, 5) is 11.7. The number of carbonyl (C=O) groups is 1. The van der Waals surface area contributed by atoms with Crippen LogP contribution >= 0.6 is 0 Å². The minimum atomic E-state index is 0.254. The number of allylic oxidation sites excluding steroid dienone is 2. The van der Waals surface area contributed by atoms with Crippen molar-refractivity contribution >= 4 is 5.78 Å². The number of carbonyl (C=O) groups excluding carboxylic acids is 1. The highest BCUT2D eigenvalue weighted by atomic mass is 16.1. The van der Waals surface area contributed by atoms with Gasteiger partial charge in [0.2, 0.25) is 0 Å². The third kappa shape index (κ3) is 3.35. The van der Waals surface area contributed by atoms with Crippen molar-refractivity contribution in [3.8, 4) is 0 Å². The number of rotatable bonds is 5. The molecule has 0 saturated carbocycles. The molecule has 0 aliphatic rings. The second-order valence-electron chi connectivity index (χ2n) is 3.61. The summed E-state index contributed by atoms with van der Waals surface area (Å²) < 4.78 is 1.76. The second kappa shape index (κ2) is 5.49. The van der Waals surface area contributed by atoms with Crippen LogP contribution in [0, 0.1) is 0 Å². The number of nitrogens with zero attached hydrogens (tertiary/aromatic N) is 2. The van der Waals surface area contributed by atoms with E-state index >= 15 is 0 Å². The largest absolute Gasteiger partial charge is 0.295 e. The SMILES string of the molecule is CC=C(CC)C(=O)CCc1cnn(C)c1. The molecule has 0 radical (unpaired) electrons. The fourth-order valence-corrected chi connectivity index (χ4v) is 1.58. The van der Waals surface area contributed by atoms with Gasteiger partial charge in [-0.25, -0.2) is 0 Å². The van der Waals surface area contributed by atoms with Crippen LogP contribution in [0.25, 0.3) is 0 Å². The molecule has 0 aromatic carbocycles. The zero-order valence-electron chi connectivity index (χ0n) is 9.66. The second-order valence-corrected chi connectivity index (χ2v) is 3.61. The van der Waals surface area contributed by atoms with Crippen LogP contribution in [0.3, 0.4) is 0 Å². The molecule has 0 aliphatic heterocycles. The zero-order valence-corrected chi connectivity index (χ0v) is 9.66. The first-order valence-corrected chi connectivity index (χ1v) is 5.33. The summed E-state index contributed by atoms with van der Waals surface area (Å²) >= 11 is 0. The molecule has 0 fully saturated rings. The number of hydrogen-bond acceptors (Lipinski definition) is 2. The number of Topliss-reactive ketones (excluding diaryl/α,β-unsaturated/α-hetero) is 1. The minimum Gasteiger partial charge on any atom is -0.295 e. The lowest BCUT2D eigenvalue weighted by molar-refractivity contribution is -0.115. The minimum absolute atomic E-state index is 0.254. The molecule has 15 heavy (non-hydrogen) atoms. The Kier molecular flexibility index (Phi) is 4.28. The van der Waals surface area contributed by atoms with E-state index < -0.39 is 0 Å². The van der Waals surface area contributed by atoms with E-state index in [2.05, 4.69) is 5.10 Å². The van der Waals surface area contributed by atoms with E-state index in [1.54, 1.807) is 4.68 Å². The van der Waals surface area contributed by atoms with Gasteiger partial charge in [0, 0.05) is 19.7 Å². The van der Waals surface area contributed by atoms with E-state index in [-0.39, 0.29) is 5.78 Å². The molecule has 1 rings (SSSR count). The Morgan fingerprint density at radius 3 is 2.80 bits per heavy atom. The molecular formula is C12H18N2O. The van der Waals surface area contributed by atoms with E-state index in [9.17, 15) is 4.79 Å². The molecular weight excluding hydrogens is 188 g/mol. The maximum absolute atomic E-state index is 11.7. The summed E-state index contributed by atoms with van der Waals surface area (Å²) in [5.74, 6) is 0.254. The lowest BCUT2D eigenvalue weighted by Crippen LogP contribution is -2.03. The Balaban J connectivity index is 2.47. The molecule has 3 heteroatoms. The Labute approximate surface area is 90.8 Å². The van der Waals surface area contributed by atoms with Crippen LogP contribution in [0.2, 0.25) is 0 Å². The van der Waals surface area contributed by atoms with Gasteiger partial charge < -0.3 is 0 Å². The van der Waals surface area contributed by atoms with Crippen LogP contribution in [-0.2, 0) is 18.3 Å². The molecule has 82 valence electrons. The molecule has 0 spiro atoms. The Morgan fingerprint density at radius 1 is 1.60 bits per heavy atom. The standard InChI is InChI=1S/C12H18N2O/c1-4-11(5-2)12(15)7-6-10-8-13-14(3)9-10/h4,8-9H,5-7H2,1-3H3. The van der Waals surface area contributed by atoms with Crippen molar-refractivity contribution < 1.29 is 4.79 Å². The van der Waals surface area contributed by atoms with Crippen molar-refractivity contribution in [2.45, 2.75) is 33.1 Å². The van der Waals surface area contributed by atoms with Gasteiger partial charge in [0.1, 0.15) is 0 Å². The summed E-state index contributed by atoms with van der Waals surface area (Å²) in [7, 11) is 1.88. The maximum Gasteiger partial charge on any atom is 0.158 e. The van der Waals surface area contributed by atoms with Crippen LogP contribution < -0.4 is 0 Å². The molecule has 1 aromatic heterocycles. The molecule has 0 N–H and O–H groups in total. The Morgan fingerprint density at radius 2 is 2.33 bits per heavy atom. The fourth-order valence-electron chi connectivity index (χ4n) is 1.58. The van der Waals surface area contributed by atoms with E-state index in [0.717, 1.165) is 24.0 Å². The molecule has 0 bridgehead atoms. The first-order valence-electron chi connectivity index (χ1n) is 5.33. The van der Waals surface area contributed by atoms with E-state index in [1.807, 2.05) is 39.4 Å². The summed E-state index contributed by atoms with van der Waals surface area (Å²) in [5, 5.41) is 4.07. The number of aromatic nitrogens is 2. The van der Waals surface area contributed by atoms with Crippen molar-refractivity contribution in [1.82, 2.24) is 9.78 Å². The first-order chi connectivity index (χ1) is 7.17. The summed E-state index contributed by atoms with van der Waals surface area (Å²) in [5.41, 5.74) is 2.05. The van der Waals surface area contributed by atoms with Gasteiger partial charge in [-0.2, -0.15) is 5.10 Å². The average molecular weight is 206 g/mol. The lowest BCUT2D eigenvalue weighted by Gasteiger charge is -2.01. The van der Waals surface area contributed by atoms with Gasteiger partial charge >= 0.3 is 0 Å². The number of aryl methyl sites for hydroxylation is 2. The predicted octanol–water partition coefficient (Wildman–Crippen LogP) is 2.28. The van der Waals surface area contributed by atoms with Crippen LogP contribution in [0.1, 0.15) is 32.3 Å². The topological polar surface area (TPSA) is 34.9 Å². The van der Waals surface area contributed by atoms with Gasteiger partial charge in [0.25, 0.3) is 0 Å². The fraction of sp³-hybridized carbons (Fsp3) is 0.500. The quantitative estimate of drug-likeness (QED) is 0.693. The molecule has 0 amide bonds. The van der Waals surface area contributed by atoms with E-state index in [0.29, 0.717) is 6.42 Å². The predicted molar refractivity (Wildman–Crippen MR) is 60.6 cm³/mol. The van der Waals surface area contributed by atoms with Crippen LogP contribution in [0.5, 0.6) is 0 Å². The highest BCUT2D eigenvalue weighted by Gasteiger charge is 2.07. The van der Waals surface area contributed by atoms with Crippen LogP contribution in [0.15, 0.2) is 24.0 Å². The first kappa shape index (κ1) is 11.7. The lowest BCUT2D eigenvalue weighted by atomic mass is 10.0. The van der Waals surface area contributed by atoms with Crippen molar-refractivity contribution in [2.24, 2.45) is 7.05 Å². The molecule has 3 nitrogen and oxygen atoms in total. The Bertz CT molecular complexity index is 363. The summed E-state index contributed by atoms with van der Waals surface area (Å²) in [6.07, 6.45) is 7.86. The van der Waals surface area contributed by atoms with Crippen LogP contribution in [-0.4, -0.2) is 15.6 Å². The van der Waals surface area contributed by atoms with E-state index in [1.165, 1.54) is 0 Å². The zero-order chi connectivity index (χ0) is 11.3. The summed E-state index contributed by atoms with van der Waals surface area (Å²) in [6.45, 7) is 3.93. The molecule has 0 unspecified atom stereocenters. The summed E-state index contributed by atoms with van der Waals surface area (Å²) in [6, 6.07) is 0. The normalized spacial score (nSPS) is 11.8. The highest BCUT2D eigenvalue weighted by molar-refractivity contribution is 5.95. The van der Waals surface area contributed by atoms with Crippen molar-refractivity contribution in [3.63, 3.8) is 0 Å². The van der Waals surface area contributed by atoms with Gasteiger partial charge in [-0.15, -0.1) is 0 Å². The van der Waals surface area contributed by atoms with Crippen molar-refractivity contribution in [3.05, 3.63) is 29.6 Å². The third-order valence-electron chi connectivity index (χ3n) is 2.49. The third-order valence-corrected chi connectivity index (χ3v) is 2.49. The van der Waals surface area contributed by atoms with Gasteiger partial charge in [-0.3, -0.25) is 9.48 Å². The Hall–Kier alpha value is -1.38. The molecule has 0 atom stereocenters. The smallest absolute Gasteiger partial charge is 0.158 e. The highest BCUT2D eigenvalue weighted by Crippen LogP contribution is 2.08. The number of hydrogen-bond donors (Lipinski definition) is 0. The van der Waals surface area contributed by atoms with Gasteiger partial charge in [0.05, 0.1) is 6.20 Å². The van der Waals surface area contributed by atoms with E-state index in [4.69, 9.17) is 0 Å². The average Bonchev–Trinajstić information content (AvgIpc) is 2.63. The van der Waals surface area contributed by atoms with Crippen molar-refractivity contribution in [2.75, 3.05) is 0 Å². The van der Waals surface area contributed by atoms with Gasteiger partial charge in [0.15, 0.2) is 5.78 Å². The maximum atomic E-state index is 11.7. The number of ketones is 1. The van der Waals surface area contributed by atoms with Gasteiger partial charge in [-0.05, 0) is 30.9 Å². The molecule has 1 heterocycles. The molecule has 0 saturated heterocycles.